The van der Waals surface area contributed by atoms with E-state index < -0.39 is 9.04 Å². The molecule has 0 saturated carbocycles. The van der Waals surface area contributed by atoms with Crippen LogP contribution in [0.4, 0.5) is 0 Å². The molecule has 0 saturated heterocycles. The Morgan fingerprint density at radius 3 is 2.32 bits per heavy atom. The quantitative estimate of drug-likeness (QED) is 0.703. The molecule has 0 aliphatic carbocycles. The van der Waals surface area contributed by atoms with E-state index >= 15 is 0 Å². The Hall–Kier alpha value is -0.193. The minimum absolute atomic E-state index is 0.0783. The summed E-state index contributed by atoms with van der Waals surface area (Å²) in [5, 5.41) is 0.276. The largest absolute Gasteiger partial charge is 0.411 e. The number of rotatable bonds is 5. The first kappa shape index (κ1) is 16.9. The minimum Gasteiger partial charge on any atom is -0.411 e. The molecule has 0 fully saturated rings. The second-order valence-corrected chi connectivity index (χ2v) is 10.4. The SMILES string of the molecule is C[Si](OC(C)(C)CCc1ccc(Br)cn1)C(C)(C)C. The number of aryl methyl sites for hydroxylation is 1. The van der Waals surface area contributed by atoms with Gasteiger partial charge in [-0.15, -0.1) is 0 Å². The van der Waals surface area contributed by atoms with E-state index in [1.54, 1.807) is 0 Å². The monoisotopic (exact) mass is 342 g/mol. The van der Waals surface area contributed by atoms with E-state index in [2.05, 4.69) is 68.1 Å². The number of hydrogen-bond acceptors (Lipinski definition) is 2. The van der Waals surface area contributed by atoms with Crippen LogP contribution in [-0.2, 0) is 10.8 Å². The zero-order valence-electron chi connectivity index (χ0n) is 12.9. The Labute approximate surface area is 127 Å². The summed E-state index contributed by atoms with van der Waals surface area (Å²) in [5.74, 6) is 0. The molecule has 1 aromatic rings. The van der Waals surface area contributed by atoms with Crippen LogP contribution in [0, 0.1) is 0 Å². The van der Waals surface area contributed by atoms with Crippen LogP contribution < -0.4 is 0 Å². The van der Waals surface area contributed by atoms with E-state index in [0.29, 0.717) is 0 Å². The molecule has 0 aliphatic rings. The van der Waals surface area contributed by atoms with Crippen molar-refractivity contribution in [2.45, 2.75) is 64.6 Å². The summed E-state index contributed by atoms with van der Waals surface area (Å²) in [6, 6.07) is 4.11. The molecular weight excluding hydrogens is 318 g/mol. The van der Waals surface area contributed by atoms with Gasteiger partial charge in [-0.25, -0.2) is 0 Å². The van der Waals surface area contributed by atoms with Gasteiger partial charge in [0.15, 0.2) is 0 Å². The van der Waals surface area contributed by atoms with Crippen LogP contribution in [0.1, 0.15) is 46.7 Å². The predicted octanol–water partition coefficient (Wildman–Crippen LogP) is 4.99. The van der Waals surface area contributed by atoms with Crippen molar-refractivity contribution < 1.29 is 4.43 Å². The number of pyridine rings is 1. The number of hydrogen-bond donors (Lipinski definition) is 0. The standard InChI is InChI=1S/C15H25BrNOSi/c1-14(2,3)19(6)18-15(4,5)10-9-13-8-7-12(16)11-17-13/h7-8,11H,9-10H2,1-6H3. The van der Waals surface area contributed by atoms with E-state index in [0.717, 1.165) is 23.0 Å². The van der Waals surface area contributed by atoms with E-state index in [1.807, 2.05) is 12.3 Å². The molecule has 0 spiro atoms. The maximum absolute atomic E-state index is 6.31. The highest BCUT2D eigenvalue weighted by Crippen LogP contribution is 2.31. The summed E-state index contributed by atoms with van der Waals surface area (Å²) in [7, 11) is -0.800. The van der Waals surface area contributed by atoms with Crippen molar-refractivity contribution >= 4 is 25.0 Å². The Morgan fingerprint density at radius 2 is 1.84 bits per heavy atom. The average molecular weight is 343 g/mol. The summed E-state index contributed by atoms with van der Waals surface area (Å²) in [5.41, 5.74) is 1.05. The number of aromatic nitrogens is 1. The molecule has 0 aromatic carbocycles. The molecule has 107 valence electrons. The van der Waals surface area contributed by atoms with Crippen molar-refractivity contribution in [1.82, 2.24) is 4.98 Å². The lowest BCUT2D eigenvalue weighted by Crippen LogP contribution is -2.37. The zero-order chi connectivity index (χ0) is 14.7. The van der Waals surface area contributed by atoms with Crippen LogP contribution in [0.25, 0.3) is 0 Å². The van der Waals surface area contributed by atoms with Crippen molar-refractivity contribution in [3.63, 3.8) is 0 Å². The molecule has 0 atom stereocenters. The summed E-state index contributed by atoms with van der Waals surface area (Å²) >= 11 is 3.41. The van der Waals surface area contributed by atoms with Crippen molar-refractivity contribution in [1.29, 1.82) is 0 Å². The molecule has 4 heteroatoms. The number of nitrogens with zero attached hydrogens (tertiary/aromatic N) is 1. The van der Waals surface area contributed by atoms with Crippen molar-refractivity contribution in [3.8, 4) is 0 Å². The Morgan fingerprint density at radius 1 is 1.21 bits per heavy atom. The van der Waals surface area contributed by atoms with Crippen LogP contribution in [0.5, 0.6) is 0 Å². The summed E-state index contributed by atoms with van der Waals surface area (Å²) in [6.45, 7) is 13.4. The summed E-state index contributed by atoms with van der Waals surface area (Å²) in [6.07, 6.45) is 3.81. The molecule has 1 heterocycles. The Balaban J connectivity index is 2.53. The first-order valence-electron chi connectivity index (χ1n) is 6.74. The van der Waals surface area contributed by atoms with Gasteiger partial charge < -0.3 is 4.43 Å². The predicted molar refractivity (Wildman–Crippen MR) is 86.8 cm³/mol. The minimum atomic E-state index is -0.800. The van der Waals surface area contributed by atoms with Crippen LogP contribution in [0.15, 0.2) is 22.8 Å². The third-order valence-electron chi connectivity index (χ3n) is 3.26. The second-order valence-electron chi connectivity index (χ2n) is 6.64. The van der Waals surface area contributed by atoms with Crippen LogP contribution in [0.3, 0.4) is 0 Å². The lowest BCUT2D eigenvalue weighted by Gasteiger charge is -2.34. The van der Waals surface area contributed by atoms with Gasteiger partial charge in [0.2, 0.25) is 9.04 Å². The third-order valence-corrected chi connectivity index (χ3v) is 6.70. The molecule has 1 rings (SSSR count). The van der Waals surface area contributed by atoms with E-state index in [-0.39, 0.29) is 10.6 Å². The van der Waals surface area contributed by atoms with Gasteiger partial charge in [-0.05, 0) is 66.3 Å². The van der Waals surface area contributed by atoms with Gasteiger partial charge >= 0.3 is 0 Å². The molecule has 0 aliphatic heterocycles. The topological polar surface area (TPSA) is 22.1 Å². The fourth-order valence-electron chi connectivity index (χ4n) is 1.60. The highest BCUT2D eigenvalue weighted by molar-refractivity contribution is 9.10. The summed E-state index contributed by atoms with van der Waals surface area (Å²) in [4.78, 5) is 4.42. The van der Waals surface area contributed by atoms with Crippen LogP contribution in [0.2, 0.25) is 11.6 Å². The molecule has 1 aromatic heterocycles. The maximum Gasteiger partial charge on any atom is 0.214 e. The van der Waals surface area contributed by atoms with Gasteiger partial charge in [0.1, 0.15) is 0 Å². The van der Waals surface area contributed by atoms with Gasteiger partial charge in [-0.1, -0.05) is 20.8 Å². The second kappa shape index (κ2) is 6.51. The first-order valence-corrected chi connectivity index (χ1v) is 9.44. The van der Waals surface area contributed by atoms with Crippen LogP contribution >= 0.6 is 15.9 Å². The molecule has 0 N–H and O–H groups in total. The van der Waals surface area contributed by atoms with E-state index in [4.69, 9.17) is 4.43 Å². The summed E-state index contributed by atoms with van der Waals surface area (Å²) < 4.78 is 7.34. The van der Waals surface area contributed by atoms with Crippen LogP contribution in [-0.4, -0.2) is 19.6 Å². The normalized spacial score (nSPS) is 13.1. The van der Waals surface area contributed by atoms with Gasteiger partial charge in [0, 0.05) is 16.4 Å². The maximum atomic E-state index is 6.31. The highest BCUT2D eigenvalue weighted by Gasteiger charge is 2.30. The lowest BCUT2D eigenvalue weighted by atomic mass is 10.0. The smallest absolute Gasteiger partial charge is 0.214 e. The fraction of sp³-hybridized carbons (Fsp3) is 0.667. The molecule has 0 unspecified atom stereocenters. The molecule has 0 amide bonds. The van der Waals surface area contributed by atoms with Crippen molar-refractivity contribution in [2.24, 2.45) is 0 Å². The van der Waals surface area contributed by atoms with Gasteiger partial charge in [-0.2, -0.15) is 0 Å². The zero-order valence-corrected chi connectivity index (χ0v) is 15.5. The highest BCUT2D eigenvalue weighted by atomic mass is 79.9. The van der Waals surface area contributed by atoms with Gasteiger partial charge in [0.05, 0.1) is 5.60 Å². The molecular formula is C15H25BrNOSi. The fourth-order valence-corrected chi connectivity index (χ4v) is 3.07. The molecule has 2 nitrogen and oxygen atoms in total. The Bertz CT molecular complexity index is 398. The van der Waals surface area contributed by atoms with E-state index in [9.17, 15) is 0 Å². The lowest BCUT2D eigenvalue weighted by molar-refractivity contribution is 0.0919. The number of halogens is 1. The third kappa shape index (κ3) is 6.19. The van der Waals surface area contributed by atoms with Crippen molar-refractivity contribution in [3.05, 3.63) is 28.5 Å². The molecule has 1 radical (unpaired) electrons. The Kier molecular flexibility index (Phi) is 5.77. The van der Waals surface area contributed by atoms with Gasteiger partial charge in [-0.3, -0.25) is 4.98 Å². The average Bonchev–Trinajstić information content (AvgIpc) is 2.26. The van der Waals surface area contributed by atoms with E-state index in [1.165, 1.54) is 0 Å². The first-order chi connectivity index (χ1) is 8.60. The van der Waals surface area contributed by atoms with Crippen molar-refractivity contribution in [2.75, 3.05) is 0 Å². The van der Waals surface area contributed by atoms with Gasteiger partial charge in [0.25, 0.3) is 0 Å². The molecule has 19 heavy (non-hydrogen) atoms. The molecule has 0 bridgehead atoms.